The maximum atomic E-state index is 3.44. The Hall–Kier alpha value is 0.620. The van der Waals surface area contributed by atoms with E-state index in [0.29, 0.717) is 0 Å². The highest BCUT2D eigenvalue weighted by atomic mass is 79.9. The SMILES string of the molecule is BrCCCCNCc1cc(Br)cs1. The molecule has 0 atom stereocenters. The molecule has 0 fully saturated rings. The molecule has 0 saturated carbocycles. The number of thiophene rings is 1. The number of hydrogen-bond donors (Lipinski definition) is 1. The lowest BCUT2D eigenvalue weighted by Crippen LogP contribution is -2.13. The van der Waals surface area contributed by atoms with E-state index in [1.54, 1.807) is 11.3 Å². The van der Waals surface area contributed by atoms with E-state index in [1.165, 1.54) is 22.2 Å². The van der Waals surface area contributed by atoms with E-state index < -0.39 is 0 Å². The van der Waals surface area contributed by atoms with Crippen LogP contribution in [0.2, 0.25) is 0 Å². The van der Waals surface area contributed by atoms with Gasteiger partial charge in [0.1, 0.15) is 0 Å². The van der Waals surface area contributed by atoms with Gasteiger partial charge in [0, 0.05) is 26.6 Å². The molecule has 0 spiro atoms. The third kappa shape index (κ3) is 5.15. The summed E-state index contributed by atoms with van der Waals surface area (Å²) in [6.07, 6.45) is 2.50. The summed E-state index contributed by atoms with van der Waals surface area (Å²) in [6, 6.07) is 2.17. The Morgan fingerprint density at radius 1 is 1.38 bits per heavy atom. The van der Waals surface area contributed by atoms with Gasteiger partial charge in [-0.1, -0.05) is 15.9 Å². The van der Waals surface area contributed by atoms with Crippen LogP contribution in [0.15, 0.2) is 15.9 Å². The number of rotatable bonds is 6. The van der Waals surface area contributed by atoms with E-state index in [9.17, 15) is 0 Å². The van der Waals surface area contributed by atoms with E-state index in [-0.39, 0.29) is 0 Å². The summed E-state index contributed by atoms with van der Waals surface area (Å²) in [5, 5.41) is 6.65. The zero-order valence-electron chi connectivity index (χ0n) is 7.35. The minimum atomic E-state index is 0.999. The molecule has 0 radical (unpaired) electrons. The standard InChI is InChI=1S/C9H13Br2NS/c10-3-1-2-4-12-6-9-5-8(11)7-13-9/h5,7,12H,1-4,6H2. The quantitative estimate of drug-likeness (QED) is 0.619. The van der Waals surface area contributed by atoms with E-state index in [4.69, 9.17) is 0 Å². The van der Waals surface area contributed by atoms with Crippen LogP contribution in [-0.2, 0) is 6.54 Å². The number of halogens is 2. The average molecular weight is 327 g/mol. The molecule has 0 aromatic carbocycles. The molecule has 1 N–H and O–H groups in total. The first-order valence-corrected chi connectivity index (χ1v) is 7.12. The summed E-state index contributed by atoms with van der Waals surface area (Å²) in [7, 11) is 0. The molecular formula is C9H13Br2NS. The first kappa shape index (κ1) is 11.7. The lowest BCUT2D eigenvalue weighted by atomic mass is 10.3. The predicted octanol–water partition coefficient (Wildman–Crippen LogP) is 3.78. The fourth-order valence-corrected chi connectivity index (χ4v) is 2.82. The first-order chi connectivity index (χ1) is 6.33. The lowest BCUT2D eigenvalue weighted by Gasteiger charge is -2.00. The van der Waals surface area contributed by atoms with E-state index in [0.717, 1.165) is 18.4 Å². The highest BCUT2D eigenvalue weighted by Gasteiger charge is 1.95. The molecular weight excluding hydrogens is 314 g/mol. The molecule has 0 unspecified atom stereocenters. The van der Waals surface area contributed by atoms with Crippen molar-refractivity contribution >= 4 is 43.2 Å². The van der Waals surface area contributed by atoms with Gasteiger partial charge < -0.3 is 5.32 Å². The van der Waals surface area contributed by atoms with Crippen LogP contribution in [0.25, 0.3) is 0 Å². The molecule has 0 amide bonds. The molecule has 4 heteroatoms. The zero-order chi connectivity index (χ0) is 9.52. The Labute approximate surface area is 100 Å². The van der Waals surface area contributed by atoms with Gasteiger partial charge in [-0.15, -0.1) is 11.3 Å². The molecule has 1 nitrogen and oxygen atoms in total. The second-order valence-electron chi connectivity index (χ2n) is 2.80. The molecule has 0 aliphatic heterocycles. The van der Waals surface area contributed by atoms with Crippen LogP contribution in [0, 0.1) is 0 Å². The van der Waals surface area contributed by atoms with Crippen molar-refractivity contribution in [1.82, 2.24) is 5.32 Å². The summed E-state index contributed by atoms with van der Waals surface area (Å²) in [6.45, 7) is 2.11. The molecule has 0 aliphatic carbocycles. The summed E-state index contributed by atoms with van der Waals surface area (Å²) < 4.78 is 1.19. The van der Waals surface area contributed by atoms with Crippen molar-refractivity contribution in [3.8, 4) is 0 Å². The fourth-order valence-electron chi connectivity index (χ4n) is 1.00. The van der Waals surface area contributed by atoms with E-state index >= 15 is 0 Å². The molecule has 1 rings (SSSR count). The van der Waals surface area contributed by atoms with Gasteiger partial charge in [0.15, 0.2) is 0 Å². The Bertz CT molecular complexity index is 237. The van der Waals surface area contributed by atoms with Crippen molar-refractivity contribution in [1.29, 1.82) is 0 Å². The topological polar surface area (TPSA) is 12.0 Å². The molecule has 1 heterocycles. The highest BCUT2D eigenvalue weighted by molar-refractivity contribution is 9.10. The fraction of sp³-hybridized carbons (Fsp3) is 0.556. The van der Waals surface area contributed by atoms with Gasteiger partial charge in [-0.05, 0) is 41.4 Å². The van der Waals surface area contributed by atoms with Crippen LogP contribution < -0.4 is 5.32 Å². The summed E-state index contributed by atoms with van der Waals surface area (Å²) >= 11 is 8.65. The summed E-state index contributed by atoms with van der Waals surface area (Å²) in [5.41, 5.74) is 0. The minimum Gasteiger partial charge on any atom is -0.312 e. The number of nitrogens with one attached hydrogen (secondary N) is 1. The van der Waals surface area contributed by atoms with Crippen LogP contribution >= 0.6 is 43.2 Å². The van der Waals surface area contributed by atoms with Crippen LogP contribution in [0.4, 0.5) is 0 Å². The third-order valence-electron chi connectivity index (χ3n) is 1.66. The zero-order valence-corrected chi connectivity index (χ0v) is 11.3. The number of hydrogen-bond acceptors (Lipinski definition) is 2. The normalized spacial score (nSPS) is 10.6. The Morgan fingerprint density at radius 2 is 2.23 bits per heavy atom. The van der Waals surface area contributed by atoms with E-state index in [2.05, 4.69) is 48.6 Å². The van der Waals surface area contributed by atoms with Crippen molar-refractivity contribution in [2.45, 2.75) is 19.4 Å². The monoisotopic (exact) mass is 325 g/mol. The maximum absolute atomic E-state index is 3.44. The average Bonchev–Trinajstić information content (AvgIpc) is 2.51. The molecule has 0 aliphatic rings. The van der Waals surface area contributed by atoms with Crippen LogP contribution in [0.3, 0.4) is 0 Å². The van der Waals surface area contributed by atoms with Gasteiger partial charge in [0.05, 0.1) is 0 Å². The predicted molar refractivity (Wildman–Crippen MR) is 66.8 cm³/mol. The van der Waals surface area contributed by atoms with Crippen LogP contribution in [-0.4, -0.2) is 11.9 Å². The van der Waals surface area contributed by atoms with Crippen LogP contribution in [0.1, 0.15) is 17.7 Å². The van der Waals surface area contributed by atoms with Crippen molar-refractivity contribution in [3.05, 3.63) is 20.8 Å². The van der Waals surface area contributed by atoms with Gasteiger partial charge in [0.25, 0.3) is 0 Å². The summed E-state index contributed by atoms with van der Waals surface area (Å²) in [5.74, 6) is 0. The molecule has 0 bridgehead atoms. The van der Waals surface area contributed by atoms with E-state index in [1.807, 2.05) is 0 Å². The smallest absolute Gasteiger partial charge is 0.0300 e. The Balaban J connectivity index is 2.06. The largest absolute Gasteiger partial charge is 0.312 e. The molecule has 13 heavy (non-hydrogen) atoms. The minimum absolute atomic E-state index is 0.999. The molecule has 1 aromatic heterocycles. The van der Waals surface area contributed by atoms with Crippen molar-refractivity contribution < 1.29 is 0 Å². The van der Waals surface area contributed by atoms with Gasteiger partial charge in [0.2, 0.25) is 0 Å². The van der Waals surface area contributed by atoms with Crippen molar-refractivity contribution in [2.75, 3.05) is 11.9 Å². The Morgan fingerprint density at radius 3 is 2.85 bits per heavy atom. The highest BCUT2D eigenvalue weighted by Crippen LogP contribution is 2.19. The second kappa shape index (κ2) is 6.98. The summed E-state index contributed by atoms with van der Waals surface area (Å²) in [4.78, 5) is 1.39. The molecule has 1 aromatic rings. The van der Waals surface area contributed by atoms with Gasteiger partial charge >= 0.3 is 0 Å². The molecule has 0 saturated heterocycles. The van der Waals surface area contributed by atoms with Gasteiger partial charge in [-0.25, -0.2) is 0 Å². The third-order valence-corrected chi connectivity index (χ3v) is 3.92. The lowest BCUT2D eigenvalue weighted by molar-refractivity contribution is 0.649. The number of alkyl halides is 1. The first-order valence-electron chi connectivity index (χ1n) is 4.32. The van der Waals surface area contributed by atoms with Crippen molar-refractivity contribution in [2.24, 2.45) is 0 Å². The Kier molecular flexibility index (Phi) is 6.28. The van der Waals surface area contributed by atoms with Gasteiger partial charge in [-0.2, -0.15) is 0 Å². The molecule has 74 valence electrons. The number of unbranched alkanes of at least 4 members (excludes halogenated alkanes) is 1. The van der Waals surface area contributed by atoms with Gasteiger partial charge in [-0.3, -0.25) is 0 Å². The second-order valence-corrected chi connectivity index (χ2v) is 5.51. The maximum Gasteiger partial charge on any atom is 0.0300 e. The van der Waals surface area contributed by atoms with Crippen molar-refractivity contribution in [3.63, 3.8) is 0 Å². The van der Waals surface area contributed by atoms with Crippen LogP contribution in [0.5, 0.6) is 0 Å².